The van der Waals surface area contributed by atoms with Gasteiger partial charge in [-0.1, -0.05) is 32.8 Å². The maximum absolute atomic E-state index is 12.0. The Kier molecular flexibility index (Phi) is 4.25. The molecule has 1 unspecified atom stereocenters. The zero-order chi connectivity index (χ0) is 12.3. The number of amides is 1. The summed E-state index contributed by atoms with van der Waals surface area (Å²) in [7, 11) is 0. The lowest BCUT2D eigenvalue weighted by molar-refractivity contribution is -0.131. The van der Waals surface area contributed by atoms with E-state index in [0.717, 1.165) is 12.3 Å². The number of carbonyl (C=O) groups is 1. The summed E-state index contributed by atoms with van der Waals surface area (Å²) in [6, 6.07) is 0.440. The van der Waals surface area contributed by atoms with Crippen molar-refractivity contribution in [2.75, 3.05) is 0 Å². The van der Waals surface area contributed by atoms with Gasteiger partial charge in [0.15, 0.2) is 0 Å². The molecule has 1 aliphatic heterocycles. The number of likely N-dealkylation sites (tertiary alicyclic amines) is 1. The number of hydrogen-bond donors (Lipinski definition) is 0. The molecule has 0 aromatic carbocycles. The molecule has 0 aromatic rings. The van der Waals surface area contributed by atoms with E-state index in [2.05, 4.69) is 13.5 Å². The summed E-state index contributed by atoms with van der Waals surface area (Å²) < 4.78 is 0. The maximum Gasteiger partial charge on any atom is 0.226 e. The highest BCUT2D eigenvalue weighted by Gasteiger charge is 2.32. The molecule has 0 aromatic heterocycles. The predicted octanol–water partition coefficient (Wildman–Crippen LogP) is 3.73. The molecule has 2 fully saturated rings. The van der Waals surface area contributed by atoms with E-state index < -0.39 is 0 Å². The van der Waals surface area contributed by atoms with Gasteiger partial charge >= 0.3 is 0 Å². The van der Waals surface area contributed by atoms with Crippen molar-refractivity contribution in [3.8, 4) is 0 Å². The smallest absolute Gasteiger partial charge is 0.226 e. The molecule has 1 amide bonds. The Morgan fingerprint density at radius 2 is 1.88 bits per heavy atom. The van der Waals surface area contributed by atoms with Crippen LogP contribution in [-0.4, -0.2) is 16.8 Å². The van der Waals surface area contributed by atoms with E-state index >= 15 is 0 Å². The van der Waals surface area contributed by atoms with E-state index in [-0.39, 0.29) is 0 Å². The predicted molar refractivity (Wildman–Crippen MR) is 70.4 cm³/mol. The molecule has 1 heterocycles. The van der Waals surface area contributed by atoms with Crippen molar-refractivity contribution in [3.05, 3.63) is 12.8 Å². The summed E-state index contributed by atoms with van der Waals surface area (Å²) in [4.78, 5) is 14.0. The molecule has 0 radical (unpaired) electrons. The number of nitrogens with zero attached hydrogens (tertiary/aromatic N) is 1. The summed E-state index contributed by atoms with van der Waals surface area (Å²) in [6.45, 7) is 6.19. The molecule has 96 valence electrons. The first-order valence-electron chi connectivity index (χ1n) is 7.16. The second-order valence-electron chi connectivity index (χ2n) is 5.82. The fourth-order valence-electron chi connectivity index (χ4n) is 3.45. The lowest BCUT2D eigenvalue weighted by atomic mass is 9.78. The molecular weight excluding hydrogens is 210 g/mol. The summed E-state index contributed by atoms with van der Waals surface area (Å²) in [5, 5.41) is 0. The lowest BCUT2D eigenvalue weighted by Crippen LogP contribution is -2.40. The van der Waals surface area contributed by atoms with Gasteiger partial charge < -0.3 is 4.90 Å². The van der Waals surface area contributed by atoms with Crippen LogP contribution in [0.2, 0.25) is 0 Å². The van der Waals surface area contributed by atoms with E-state index in [1.165, 1.54) is 38.5 Å². The molecular formula is C15H25NO. The van der Waals surface area contributed by atoms with Crippen LogP contribution >= 0.6 is 0 Å². The summed E-state index contributed by atoms with van der Waals surface area (Å²) >= 11 is 0. The molecule has 2 rings (SSSR count). The van der Waals surface area contributed by atoms with Gasteiger partial charge in [-0.3, -0.25) is 4.79 Å². The molecule has 1 atom stereocenters. The van der Waals surface area contributed by atoms with Crippen molar-refractivity contribution in [2.24, 2.45) is 11.8 Å². The average molecular weight is 235 g/mol. The number of hydrogen-bond acceptors (Lipinski definition) is 1. The highest BCUT2D eigenvalue weighted by atomic mass is 16.2. The standard InChI is InChI=1S/C15H25NO/c1-3-16-14(6-4-5-7-15(16)17)13-10-8-12(2)9-11-13/h3,12-14H,1,4-11H2,2H3. The van der Waals surface area contributed by atoms with Crippen LogP contribution in [-0.2, 0) is 4.79 Å². The van der Waals surface area contributed by atoms with Gasteiger partial charge in [0, 0.05) is 12.5 Å². The van der Waals surface area contributed by atoms with Gasteiger partial charge in [0.1, 0.15) is 0 Å². The van der Waals surface area contributed by atoms with Crippen molar-refractivity contribution in [1.29, 1.82) is 0 Å². The van der Waals surface area contributed by atoms with Gasteiger partial charge in [-0.15, -0.1) is 0 Å². The Hall–Kier alpha value is -0.790. The molecule has 0 spiro atoms. The normalized spacial score (nSPS) is 35.5. The van der Waals surface area contributed by atoms with Crippen LogP contribution in [0, 0.1) is 11.8 Å². The molecule has 1 aliphatic carbocycles. The Morgan fingerprint density at radius 3 is 2.53 bits per heavy atom. The number of carbonyl (C=O) groups excluding carboxylic acids is 1. The minimum atomic E-state index is 0.293. The van der Waals surface area contributed by atoms with Gasteiger partial charge in [-0.05, 0) is 43.7 Å². The van der Waals surface area contributed by atoms with Crippen LogP contribution in [0.4, 0.5) is 0 Å². The zero-order valence-electron chi connectivity index (χ0n) is 11.0. The topological polar surface area (TPSA) is 20.3 Å². The van der Waals surface area contributed by atoms with Crippen molar-refractivity contribution in [2.45, 2.75) is 64.3 Å². The zero-order valence-corrected chi connectivity index (χ0v) is 11.0. The van der Waals surface area contributed by atoms with E-state index in [4.69, 9.17) is 0 Å². The van der Waals surface area contributed by atoms with Crippen molar-refractivity contribution < 1.29 is 4.79 Å². The molecule has 2 aliphatic rings. The Bertz CT molecular complexity index is 279. The summed E-state index contributed by atoms with van der Waals surface area (Å²) in [6.07, 6.45) is 11.2. The Labute approximate surface area is 105 Å². The molecule has 2 heteroatoms. The Morgan fingerprint density at radius 1 is 1.18 bits per heavy atom. The summed E-state index contributed by atoms with van der Waals surface area (Å²) in [5.41, 5.74) is 0. The largest absolute Gasteiger partial charge is 0.316 e. The maximum atomic E-state index is 12.0. The first-order chi connectivity index (χ1) is 8.22. The highest BCUT2D eigenvalue weighted by Crippen LogP contribution is 2.35. The quantitative estimate of drug-likeness (QED) is 0.714. The minimum Gasteiger partial charge on any atom is -0.316 e. The van der Waals surface area contributed by atoms with Crippen LogP contribution in [0.3, 0.4) is 0 Å². The average Bonchev–Trinajstić information content (AvgIpc) is 2.52. The fourth-order valence-corrected chi connectivity index (χ4v) is 3.45. The number of rotatable bonds is 2. The third-order valence-corrected chi connectivity index (χ3v) is 4.59. The van der Waals surface area contributed by atoms with Crippen LogP contribution < -0.4 is 0 Å². The van der Waals surface area contributed by atoms with E-state index in [0.29, 0.717) is 24.3 Å². The second-order valence-corrected chi connectivity index (χ2v) is 5.82. The van der Waals surface area contributed by atoms with Gasteiger partial charge in [0.25, 0.3) is 0 Å². The van der Waals surface area contributed by atoms with Gasteiger partial charge in [-0.2, -0.15) is 0 Å². The second kappa shape index (κ2) is 5.70. The SMILES string of the molecule is C=CN1C(=O)CCCCC1C1CCC(C)CC1. The minimum absolute atomic E-state index is 0.293. The van der Waals surface area contributed by atoms with Crippen LogP contribution in [0.5, 0.6) is 0 Å². The van der Waals surface area contributed by atoms with Crippen LogP contribution in [0.1, 0.15) is 58.3 Å². The molecule has 1 saturated heterocycles. The van der Waals surface area contributed by atoms with Crippen molar-refractivity contribution in [1.82, 2.24) is 4.90 Å². The highest BCUT2D eigenvalue weighted by molar-refractivity contribution is 5.77. The molecule has 17 heavy (non-hydrogen) atoms. The van der Waals surface area contributed by atoms with E-state index in [1.54, 1.807) is 6.20 Å². The third kappa shape index (κ3) is 2.91. The molecule has 2 nitrogen and oxygen atoms in total. The van der Waals surface area contributed by atoms with E-state index in [9.17, 15) is 4.79 Å². The molecule has 0 N–H and O–H groups in total. The van der Waals surface area contributed by atoms with Crippen LogP contribution in [0.25, 0.3) is 0 Å². The lowest BCUT2D eigenvalue weighted by Gasteiger charge is -2.37. The third-order valence-electron chi connectivity index (χ3n) is 4.59. The molecule has 0 bridgehead atoms. The monoisotopic (exact) mass is 235 g/mol. The first-order valence-corrected chi connectivity index (χ1v) is 7.16. The molecule has 1 saturated carbocycles. The van der Waals surface area contributed by atoms with Crippen LogP contribution in [0.15, 0.2) is 12.8 Å². The fraction of sp³-hybridized carbons (Fsp3) is 0.800. The van der Waals surface area contributed by atoms with E-state index in [1.807, 2.05) is 4.90 Å². The van der Waals surface area contributed by atoms with Gasteiger partial charge in [0.05, 0.1) is 0 Å². The van der Waals surface area contributed by atoms with Crippen molar-refractivity contribution >= 4 is 5.91 Å². The Balaban J connectivity index is 2.05. The summed E-state index contributed by atoms with van der Waals surface area (Å²) in [5.74, 6) is 1.89. The first kappa shape index (κ1) is 12.7. The van der Waals surface area contributed by atoms with Gasteiger partial charge in [0.2, 0.25) is 5.91 Å². The van der Waals surface area contributed by atoms with Gasteiger partial charge in [-0.25, -0.2) is 0 Å². The van der Waals surface area contributed by atoms with Crippen molar-refractivity contribution in [3.63, 3.8) is 0 Å².